The molecule has 0 bridgehead atoms. The summed E-state index contributed by atoms with van der Waals surface area (Å²) >= 11 is 5.56. The Hall–Kier alpha value is -2.22. The summed E-state index contributed by atoms with van der Waals surface area (Å²) in [7, 11) is 1.18. The van der Waals surface area contributed by atoms with Crippen molar-refractivity contribution in [2.45, 2.75) is 6.42 Å². The molecule has 9 heteroatoms. The van der Waals surface area contributed by atoms with E-state index in [0.29, 0.717) is 0 Å². The van der Waals surface area contributed by atoms with E-state index in [9.17, 15) is 31.1 Å². The molecular weight excluding hydrogens is 360 g/mol. The van der Waals surface area contributed by atoms with Crippen LogP contribution in [0, 0.1) is 34.9 Å². The van der Waals surface area contributed by atoms with E-state index in [4.69, 9.17) is 11.6 Å². The van der Waals surface area contributed by atoms with Gasteiger partial charge >= 0.3 is 0 Å². The third kappa shape index (κ3) is 3.19. The Kier molecular flexibility index (Phi) is 5.08. The Labute approximate surface area is 137 Å². The average Bonchev–Trinajstić information content (AvgIpc) is 2.56. The SMILES string of the molecule is CN(C(=O)Cc1c(F)c(F)c(F)c(F)c1F)c1ccc(F)c(Cl)c1. The molecule has 2 aromatic rings. The zero-order chi connectivity index (χ0) is 18.2. The number of carbonyl (C=O) groups excluding carboxylic acids is 1. The summed E-state index contributed by atoms with van der Waals surface area (Å²) in [5.41, 5.74) is -1.17. The highest BCUT2D eigenvalue weighted by Gasteiger charge is 2.27. The molecule has 0 spiro atoms. The van der Waals surface area contributed by atoms with Gasteiger partial charge in [-0.3, -0.25) is 4.79 Å². The Balaban J connectivity index is 2.34. The predicted molar refractivity (Wildman–Crippen MR) is 74.8 cm³/mol. The average molecular weight is 368 g/mol. The fourth-order valence-electron chi connectivity index (χ4n) is 1.91. The molecular formula is C15H8ClF6NO. The monoisotopic (exact) mass is 367 g/mol. The molecule has 0 aliphatic heterocycles. The lowest BCUT2D eigenvalue weighted by Crippen LogP contribution is -2.29. The third-order valence-corrected chi connectivity index (χ3v) is 3.58. The molecule has 0 fully saturated rings. The first kappa shape index (κ1) is 18.1. The number of hydrogen-bond donors (Lipinski definition) is 0. The lowest BCUT2D eigenvalue weighted by Gasteiger charge is -2.18. The normalized spacial score (nSPS) is 10.8. The maximum absolute atomic E-state index is 13.6. The van der Waals surface area contributed by atoms with Crippen LogP contribution in [-0.2, 0) is 11.2 Å². The second-order valence-electron chi connectivity index (χ2n) is 4.78. The maximum atomic E-state index is 13.6. The van der Waals surface area contributed by atoms with Gasteiger partial charge in [0.05, 0.1) is 11.4 Å². The molecule has 0 N–H and O–H groups in total. The summed E-state index contributed by atoms with van der Waals surface area (Å²) in [6.45, 7) is 0. The van der Waals surface area contributed by atoms with E-state index >= 15 is 0 Å². The quantitative estimate of drug-likeness (QED) is 0.448. The molecule has 24 heavy (non-hydrogen) atoms. The van der Waals surface area contributed by atoms with E-state index in [0.717, 1.165) is 23.1 Å². The Bertz CT molecular complexity index is 797. The smallest absolute Gasteiger partial charge is 0.231 e. The molecule has 0 heterocycles. The summed E-state index contributed by atoms with van der Waals surface area (Å²) in [4.78, 5) is 12.9. The number of nitrogens with zero attached hydrogens (tertiary/aromatic N) is 1. The van der Waals surface area contributed by atoms with Crippen LogP contribution in [0.2, 0.25) is 5.02 Å². The van der Waals surface area contributed by atoms with Crippen LogP contribution in [-0.4, -0.2) is 13.0 Å². The first-order valence-electron chi connectivity index (χ1n) is 6.37. The number of rotatable bonds is 3. The fourth-order valence-corrected chi connectivity index (χ4v) is 2.09. The zero-order valence-electron chi connectivity index (χ0n) is 11.9. The lowest BCUT2D eigenvalue weighted by molar-refractivity contribution is -0.117. The van der Waals surface area contributed by atoms with E-state index < -0.39 is 52.8 Å². The molecule has 0 atom stereocenters. The van der Waals surface area contributed by atoms with E-state index in [1.807, 2.05) is 0 Å². The minimum absolute atomic E-state index is 0.0790. The highest BCUT2D eigenvalue weighted by Crippen LogP contribution is 2.26. The van der Waals surface area contributed by atoms with E-state index in [-0.39, 0.29) is 10.7 Å². The summed E-state index contributed by atoms with van der Waals surface area (Å²) in [5.74, 6) is -12.5. The van der Waals surface area contributed by atoms with Crippen molar-refractivity contribution in [3.8, 4) is 0 Å². The second-order valence-corrected chi connectivity index (χ2v) is 5.18. The van der Waals surface area contributed by atoms with Crippen molar-refractivity contribution >= 4 is 23.2 Å². The fraction of sp³-hybridized carbons (Fsp3) is 0.133. The predicted octanol–water partition coefficient (Wildman–Crippen LogP) is 4.38. The number of likely N-dealkylation sites (N-methyl/N-ethyl adjacent to an activating group) is 1. The van der Waals surface area contributed by atoms with Gasteiger partial charge in [-0.1, -0.05) is 11.6 Å². The van der Waals surface area contributed by atoms with Gasteiger partial charge in [-0.15, -0.1) is 0 Å². The summed E-state index contributed by atoms with van der Waals surface area (Å²) in [5, 5.41) is -0.302. The highest BCUT2D eigenvalue weighted by atomic mass is 35.5. The van der Waals surface area contributed by atoms with Crippen molar-refractivity contribution in [1.82, 2.24) is 0 Å². The van der Waals surface area contributed by atoms with Gasteiger partial charge in [-0.05, 0) is 18.2 Å². The van der Waals surface area contributed by atoms with Crippen LogP contribution in [0.3, 0.4) is 0 Å². The number of anilines is 1. The van der Waals surface area contributed by atoms with Crippen LogP contribution in [0.4, 0.5) is 32.0 Å². The number of halogens is 7. The molecule has 0 saturated heterocycles. The van der Waals surface area contributed by atoms with Crippen molar-refractivity contribution in [1.29, 1.82) is 0 Å². The highest BCUT2D eigenvalue weighted by molar-refractivity contribution is 6.31. The minimum Gasteiger partial charge on any atom is -0.315 e. The molecule has 128 valence electrons. The van der Waals surface area contributed by atoms with Gasteiger partial charge in [0.15, 0.2) is 23.3 Å². The van der Waals surface area contributed by atoms with Gasteiger partial charge < -0.3 is 4.90 Å². The molecule has 0 aliphatic carbocycles. The van der Waals surface area contributed by atoms with Gasteiger partial charge in [-0.2, -0.15) is 0 Å². The lowest BCUT2D eigenvalue weighted by atomic mass is 10.1. The van der Waals surface area contributed by atoms with Crippen LogP contribution < -0.4 is 4.90 Å². The van der Waals surface area contributed by atoms with E-state index in [1.165, 1.54) is 7.05 Å². The van der Waals surface area contributed by atoms with Crippen molar-refractivity contribution in [3.05, 3.63) is 63.7 Å². The number of amides is 1. The summed E-state index contributed by atoms with van der Waals surface area (Å²) < 4.78 is 79.5. The van der Waals surface area contributed by atoms with Gasteiger partial charge in [0, 0.05) is 18.3 Å². The van der Waals surface area contributed by atoms with E-state index in [2.05, 4.69) is 0 Å². The third-order valence-electron chi connectivity index (χ3n) is 3.29. The van der Waals surface area contributed by atoms with Crippen molar-refractivity contribution in [2.24, 2.45) is 0 Å². The van der Waals surface area contributed by atoms with Crippen LogP contribution in [0.1, 0.15) is 5.56 Å². The largest absolute Gasteiger partial charge is 0.315 e. The maximum Gasteiger partial charge on any atom is 0.231 e. The zero-order valence-corrected chi connectivity index (χ0v) is 12.7. The van der Waals surface area contributed by atoms with Crippen LogP contribution in [0.15, 0.2) is 18.2 Å². The summed E-state index contributed by atoms with van der Waals surface area (Å²) in [6.07, 6.45) is -1.09. The number of benzene rings is 2. The molecule has 2 aromatic carbocycles. The second kappa shape index (κ2) is 6.72. The topological polar surface area (TPSA) is 20.3 Å². The first-order chi connectivity index (χ1) is 11.1. The van der Waals surface area contributed by atoms with E-state index in [1.54, 1.807) is 0 Å². The number of carbonyl (C=O) groups is 1. The summed E-state index contributed by atoms with van der Waals surface area (Å²) in [6, 6.07) is 3.20. The van der Waals surface area contributed by atoms with Gasteiger partial charge in [0.1, 0.15) is 5.82 Å². The van der Waals surface area contributed by atoms with Crippen molar-refractivity contribution in [2.75, 3.05) is 11.9 Å². The Morgan fingerprint density at radius 2 is 1.46 bits per heavy atom. The minimum atomic E-state index is -2.31. The van der Waals surface area contributed by atoms with Gasteiger partial charge in [0.25, 0.3) is 0 Å². The molecule has 2 nitrogen and oxygen atoms in total. The van der Waals surface area contributed by atoms with Crippen molar-refractivity contribution < 1.29 is 31.1 Å². The molecule has 0 aliphatic rings. The molecule has 0 unspecified atom stereocenters. The molecule has 0 aromatic heterocycles. The van der Waals surface area contributed by atoms with Gasteiger partial charge in [0.2, 0.25) is 11.7 Å². The Morgan fingerprint density at radius 1 is 0.958 bits per heavy atom. The standard InChI is InChI=1S/C15H8ClF6NO/c1-23(6-2-3-9(17)8(16)4-6)10(24)5-7-11(18)13(20)15(22)14(21)12(7)19/h2-4H,5H2,1H3. The first-order valence-corrected chi connectivity index (χ1v) is 6.74. The molecule has 0 saturated carbocycles. The molecule has 0 radical (unpaired) electrons. The Morgan fingerprint density at radius 3 is 1.96 bits per heavy atom. The number of hydrogen-bond acceptors (Lipinski definition) is 1. The van der Waals surface area contributed by atoms with Crippen LogP contribution >= 0.6 is 11.6 Å². The van der Waals surface area contributed by atoms with Crippen LogP contribution in [0.25, 0.3) is 0 Å². The molecule has 1 amide bonds. The van der Waals surface area contributed by atoms with Crippen molar-refractivity contribution in [3.63, 3.8) is 0 Å². The van der Waals surface area contributed by atoms with Gasteiger partial charge in [-0.25, -0.2) is 26.3 Å². The molecule has 2 rings (SSSR count). The van der Waals surface area contributed by atoms with Crippen LogP contribution in [0.5, 0.6) is 0 Å².